The number of nitrogens with zero attached hydrogens (tertiary/aromatic N) is 2. The van der Waals surface area contributed by atoms with E-state index in [1.807, 2.05) is 0 Å². The molecule has 2 rings (SSSR count). The highest BCUT2D eigenvalue weighted by Crippen LogP contribution is 2.27. The third-order valence-electron chi connectivity index (χ3n) is 3.57. The third kappa shape index (κ3) is 2.46. The highest BCUT2D eigenvalue weighted by Gasteiger charge is 2.36. The molecule has 0 spiro atoms. The largest absolute Gasteiger partial charge is 0.477 e. The predicted octanol–water partition coefficient (Wildman–Crippen LogP) is 0.352. The van der Waals surface area contributed by atoms with Gasteiger partial charge in [-0.25, -0.2) is 13.2 Å². The van der Waals surface area contributed by atoms with Crippen LogP contribution in [0.3, 0.4) is 0 Å². The second kappa shape index (κ2) is 5.55. The molecule has 0 aliphatic carbocycles. The summed E-state index contributed by atoms with van der Waals surface area (Å²) < 4.78 is 27.7. The first-order valence-electron chi connectivity index (χ1n) is 6.48. The molecule has 1 saturated heterocycles. The number of rotatable bonds is 5. The maximum absolute atomic E-state index is 12.5. The monoisotopic (exact) mass is 302 g/mol. The topological polar surface area (TPSA) is 99.8 Å². The molecular weight excluding hydrogens is 284 g/mol. The maximum Gasteiger partial charge on any atom is 0.352 e. The van der Waals surface area contributed by atoms with Gasteiger partial charge in [-0.05, 0) is 25.8 Å². The van der Waals surface area contributed by atoms with E-state index < -0.39 is 22.0 Å². The van der Waals surface area contributed by atoms with Gasteiger partial charge in [-0.2, -0.15) is 4.31 Å². The maximum atomic E-state index is 12.5. The second-order valence-corrected chi connectivity index (χ2v) is 6.64. The van der Waals surface area contributed by atoms with Gasteiger partial charge in [-0.1, -0.05) is 0 Å². The van der Waals surface area contributed by atoms with Crippen molar-refractivity contribution < 1.29 is 23.4 Å². The number of sulfonamides is 1. The van der Waals surface area contributed by atoms with Gasteiger partial charge in [0.05, 0.1) is 6.61 Å². The van der Waals surface area contributed by atoms with Crippen LogP contribution in [0.25, 0.3) is 0 Å². The second-order valence-electron chi connectivity index (χ2n) is 4.75. The Bertz CT molecular complexity index is 607. The lowest BCUT2D eigenvalue weighted by Crippen LogP contribution is -2.37. The molecule has 2 heterocycles. The number of hydrogen-bond donors (Lipinski definition) is 2. The Labute approximate surface area is 117 Å². The van der Waals surface area contributed by atoms with Gasteiger partial charge < -0.3 is 14.8 Å². The lowest BCUT2D eigenvalue weighted by Gasteiger charge is -2.21. The molecule has 1 fully saturated rings. The first-order valence-corrected chi connectivity index (χ1v) is 7.92. The SMILES string of the molecule is CCn1cc(S(=O)(=O)N2CCC[C@@H]2CO)cc1C(=O)O. The van der Waals surface area contributed by atoms with Gasteiger partial charge in [0, 0.05) is 25.3 Å². The van der Waals surface area contributed by atoms with E-state index in [0.29, 0.717) is 25.9 Å². The van der Waals surface area contributed by atoms with E-state index in [4.69, 9.17) is 5.11 Å². The van der Waals surface area contributed by atoms with Crippen LogP contribution in [-0.2, 0) is 16.6 Å². The zero-order valence-electron chi connectivity index (χ0n) is 11.2. The normalized spacial score (nSPS) is 20.4. The molecule has 1 aliphatic heterocycles. The summed E-state index contributed by atoms with van der Waals surface area (Å²) in [4.78, 5) is 11.1. The minimum Gasteiger partial charge on any atom is -0.477 e. The van der Waals surface area contributed by atoms with Crippen molar-refractivity contribution in [2.24, 2.45) is 0 Å². The molecule has 1 aliphatic rings. The van der Waals surface area contributed by atoms with Crippen molar-refractivity contribution in [3.05, 3.63) is 18.0 Å². The summed E-state index contributed by atoms with van der Waals surface area (Å²) in [5.41, 5.74) is -0.0502. The lowest BCUT2D eigenvalue weighted by atomic mass is 10.2. The molecule has 0 radical (unpaired) electrons. The van der Waals surface area contributed by atoms with E-state index >= 15 is 0 Å². The molecule has 1 atom stereocenters. The minimum absolute atomic E-state index is 0.0305. The lowest BCUT2D eigenvalue weighted by molar-refractivity contribution is 0.0685. The number of carboxylic acids is 1. The molecule has 7 nitrogen and oxygen atoms in total. The average molecular weight is 302 g/mol. The Morgan fingerprint density at radius 1 is 1.50 bits per heavy atom. The summed E-state index contributed by atoms with van der Waals surface area (Å²) in [6.07, 6.45) is 2.66. The molecule has 1 aromatic rings. The van der Waals surface area contributed by atoms with Crippen LogP contribution in [0.4, 0.5) is 0 Å². The molecule has 0 bridgehead atoms. The van der Waals surface area contributed by atoms with Crippen LogP contribution >= 0.6 is 0 Å². The van der Waals surface area contributed by atoms with Gasteiger partial charge in [0.25, 0.3) is 0 Å². The van der Waals surface area contributed by atoms with Crippen LogP contribution in [0.15, 0.2) is 17.2 Å². The first-order chi connectivity index (χ1) is 9.41. The number of aromatic nitrogens is 1. The number of carbonyl (C=O) groups is 1. The highest BCUT2D eigenvalue weighted by molar-refractivity contribution is 7.89. The van der Waals surface area contributed by atoms with Crippen LogP contribution in [0, 0.1) is 0 Å². The van der Waals surface area contributed by atoms with Crippen molar-refractivity contribution in [2.75, 3.05) is 13.2 Å². The number of hydrogen-bond acceptors (Lipinski definition) is 4. The van der Waals surface area contributed by atoms with Crippen LogP contribution < -0.4 is 0 Å². The Morgan fingerprint density at radius 3 is 2.70 bits per heavy atom. The smallest absolute Gasteiger partial charge is 0.352 e. The van der Waals surface area contributed by atoms with E-state index in [0.717, 1.165) is 0 Å². The predicted molar refractivity (Wildman–Crippen MR) is 71.1 cm³/mol. The zero-order chi connectivity index (χ0) is 14.9. The van der Waals surface area contributed by atoms with Crippen molar-refractivity contribution in [3.63, 3.8) is 0 Å². The van der Waals surface area contributed by atoms with E-state index in [1.165, 1.54) is 21.1 Å². The van der Waals surface area contributed by atoms with Gasteiger partial charge >= 0.3 is 5.97 Å². The van der Waals surface area contributed by atoms with Gasteiger partial charge in [-0.15, -0.1) is 0 Å². The van der Waals surface area contributed by atoms with Gasteiger partial charge in [-0.3, -0.25) is 0 Å². The quantitative estimate of drug-likeness (QED) is 0.817. The fourth-order valence-electron chi connectivity index (χ4n) is 2.51. The summed E-state index contributed by atoms with van der Waals surface area (Å²) in [6, 6.07) is 0.756. The molecule has 0 unspecified atom stereocenters. The third-order valence-corrected chi connectivity index (χ3v) is 5.49. The molecule has 0 aromatic carbocycles. The highest BCUT2D eigenvalue weighted by atomic mass is 32.2. The molecule has 8 heteroatoms. The fourth-order valence-corrected chi connectivity index (χ4v) is 4.23. The van der Waals surface area contributed by atoms with Gasteiger partial charge in [0.1, 0.15) is 10.6 Å². The minimum atomic E-state index is -3.76. The molecule has 20 heavy (non-hydrogen) atoms. The van der Waals surface area contributed by atoms with E-state index in [9.17, 15) is 18.3 Å². The molecule has 112 valence electrons. The van der Waals surface area contributed by atoms with Crippen molar-refractivity contribution in [2.45, 2.75) is 37.2 Å². The van der Waals surface area contributed by atoms with Crippen molar-refractivity contribution in [3.8, 4) is 0 Å². The number of aliphatic hydroxyl groups is 1. The Balaban J connectivity index is 2.42. The molecule has 0 amide bonds. The van der Waals surface area contributed by atoms with Crippen LogP contribution in [0.2, 0.25) is 0 Å². The average Bonchev–Trinajstić information content (AvgIpc) is 3.05. The van der Waals surface area contributed by atoms with Crippen molar-refractivity contribution >= 4 is 16.0 Å². The van der Waals surface area contributed by atoms with Crippen LogP contribution in [0.5, 0.6) is 0 Å². The fraction of sp³-hybridized carbons (Fsp3) is 0.583. The molecule has 1 aromatic heterocycles. The number of carboxylic acid groups (broad SMARTS) is 1. The van der Waals surface area contributed by atoms with Crippen LogP contribution in [0.1, 0.15) is 30.3 Å². The number of aromatic carboxylic acids is 1. The summed E-state index contributed by atoms with van der Waals surface area (Å²) in [7, 11) is -3.76. The van der Waals surface area contributed by atoms with Crippen molar-refractivity contribution in [1.29, 1.82) is 0 Å². The Morgan fingerprint density at radius 2 is 2.20 bits per heavy atom. The standard InChI is InChI=1S/C12H18N2O5S/c1-2-13-7-10(6-11(13)12(16)17)20(18,19)14-5-3-4-9(14)8-15/h6-7,9,15H,2-5,8H2,1H3,(H,16,17)/t9-/m1/s1. The Kier molecular flexibility index (Phi) is 4.17. The number of aliphatic hydroxyl groups excluding tert-OH is 1. The Hall–Kier alpha value is -1.38. The van der Waals surface area contributed by atoms with E-state index in [-0.39, 0.29) is 17.2 Å². The van der Waals surface area contributed by atoms with Crippen molar-refractivity contribution in [1.82, 2.24) is 8.87 Å². The van der Waals surface area contributed by atoms with E-state index in [2.05, 4.69) is 0 Å². The summed E-state index contributed by atoms with van der Waals surface area (Å²) in [6.45, 7) is 2.25. The van der Waals surface area contributed by atoms with Crippen LogP contribution in [-0.4, -0.2) is 52.7 Å². The van der Waals surface area contributed by atoms with Gasteiger partial charge in [0.15, 0.2) is 0 Å². The first kappa shape index (κ1) is 15.0. The zero-order valence-corrected chi connectivity index (χ0v) is 12.0. The summed E-state index contributed by atoms with van der Waals surface area (Å²) in [5.74, 6) is -1.16. The summed E-state index contributed by atoms with van der Waals surface area (Å²) in [5, 5.41) is 18.3. The molecule has 0 saturated carbocycles. The summed E-state index contributed by atoms with van der Waals surface area (Å²) >= 11 is 0. The number of aryl methyl sites for hydroxylation is 1. The molecular formula is C12H18N2O5S. The van der Waals surface area contributed by atoms with E-state index in [1.54, 1.807) is 6.92 Å². The van der Waals surface area contributed by atoms with Gasteiger partial charge in [0.2, 0.25) is 10.0 Å². The molecule has 2 N–H and O–H groups in total.